The van der Waals surface area contributed by atoms with Crippen LogP contribution in [0.3, 0.4) is 0 Å². The molecule has 0 saturated carbocycles. The van der Waals surface area contributed by atoms with Crippen molar-refractivity contribution in [2.24, 2.45) is 0 Å². The first-order chi connectivity index (χ1) is 3.30. The van der Waals surface area contributed by atoms with E-state index in [4.69, 9.17) is 7.85 Å². The van der Waals surface area contributed by atoms with Gasteiger partial charge in [-0.3, -0.25) is 0 Å². The quantitative estimate of drug-likeness (QED) is 0.318. The summed E-state index contributed by atoms with van der Waals surface area (Å²) in [5, 5.41) is 0. The summed E-state index contributed by atoms with van der Waals surface area (Å²) >= 11 is 0. The van der Waals surface area contributed by atoms with E-state index in [0.717, 1.165) is 5.47 Å². The van der Waals surface area contributed by atoms with Crippen molar-refractivity contribution in [2.75, 3.05) is 0 Å². The van der Waals surface area contributed by atoms with E-state index in [1.54, 1.807) is 0 Å². The first-order valence-corrected chi connectivity index (χ1v) is 2.87. The molecule has 7 heavy (non-hydrogen) atoms. The van der Waals surface area contributed by atoms with Gasteiger partial charge in [-0.1, -0.05) is 18.2 Å². The number of allylic oxidation sites excluding steroid dienone is 4. The molecule has 2 atom stereocenters. The van der Waals surface area contributed by atoms with Gasteiger partial charge in [0.15, 0.2) is 0 Å². The van der Waals surface area contributed by atoms with Gasteiger partial charge in [-0.25, -0.2) is 0 Å². The Labute approximate surface area is 47.3 Å². The number of rotatable bonds is 0. The standard InChI is InChI=1S/C5H6BP/c6-4-2-1-3-5(4)7/h1-3,5H,7H2. The Kier molecular flexibility index (Phi) is 1.34. The van der Waals surface area contributed by atoms with Crippen molar-refractivity contribution in [3.63, 3.8) is 0 Å². The molecule has 0 nitrogen and oxygen atoms in total. The fourth-order valence-corrected chi connectivity index (χ4v) is 0.748. The van der Waals surface area contributed by atoms with E-state index < -0.39 is 0 Å². The minimum Gasteiger partial charge on any atom is -0.127 e. The van der Waals surface area contributed by atoms with Gasteiger partial charge < -0.3 is 0 Å². The molecule has 0 spiro atoms. The lowest BCUT2D eigenvalue weighted by molar-refractivity contribution is 1.43. The minimum atomic E-state index is 0.389. The van der Waals surface area contributed by atoms with Gasteiger partial charge in [-0.15, -0.1) is 14.7 Å². The van der Waals surface area contributed by atoms with E-state index in [1.165, 1.54) is 0 Å². The molecular weight excluding hydrogens is 102 g/mol. The molecule has 2 heteroatoms. The van der Waals surface area contributed by atoms with Crippen molar-refractivity contribution < 1.29 is 0 Å². The summed E-state index contributed by atoms with van der Waals surface area (Å²) in [6.07, 6.45) is 5.92. The average molecular weight is 108 g/mol. The predicted molar refractivity (Wildman–Crippen MR) is 36.5 cm³/mol. The van der Waals surface area contributed by atoms with Crippen molar-refractivity contribution in [1.82, 2.24) is 0 Å². The highest BCUT2D eigenvalue weighted by Gasteiger charge is 2.00. The molecule has 1 aliphatic rings. The van der Waals surface area contributed by atoms with Crippen LogP contribution in [-0.2, 0) is 0 Å². The van der Waals surface area contributed by atoms with Gasteiger partial charge in [0.2, 0.25) is 0 Å². The molecule has 0 aromatic rings. The van der Waals surface area contributed by atoms with Gasteiger partial charge in [0.25, 0.3) is 0 Å². The second-order valence-corrected chi connectivity index (χ2v) is 2.30. The Bertz CT molecular complexity index is 126. The van der Waals surface area contributed by atoms with Crippen LogP contribution in [-0.4, -0.2) is 13.5 Å². The zero-order valence-electron chi connectivity index (χ0n) is 3.96. The zero-order chi connectivity index (χ0) is 5.28. The zero-order valence-corrected chi connectivity index (χ0v) is 5.12. The summed E-state index contributed by atoms with van der Waals surface area (Å²) in [6.45, 7) is 0. The molecule has 0 N–H and O–H groups in total. The third-order valence-corrected chi connectivity index (χ3v) is 1.60. The highest BCUT2D eigenvalue weighted by Crippen LogP contribution is 2.15. The molecule has 0 amide bonds. The van der Waals surface area contributed by atoms with Gasteiger partial charge in [-0.2, -0.15) is 0 Å². The lowest BCUT2D eigenvalue weighted by Gasteiger charge is -1.97. The Morgan fingerprint density at radius 1 is 1.71 bits per heavy atom. The second-order valence-electron chi connectivity index (χ2n) is 1.58. The molecular formula is C5H6BP. The predicted octanol–water partition coefficient (Wildman–Crippen LogP) is 0.852. The van der Waals surface area contributed by atoms with Crippen molar-refractivity contribution in [3.8, 4) is 0 Å². The summed E-state index contributed by atoms with van der Waals surface area (Å²) in [5.74, 6) is 0. The second kappa shape index (κ2) is 1.84. The first-order valence-electron chi connectivity index (χ1n) is 2.20. The molecule has 0 heterocycles. The molecule has 34 valence electrons. The van der Waals surface area contributed by atoms with Crippen LogP contribution in [0, 0.1) is 0 Å². The maximum Gasteiger partial charge on any atom is 0.109 e. The maximum atomic E-state index is 5.46. The third-order valence-electron chi connectivity index (χ3n) is 0.992. The van der Waals surface area contributed by atoms with Crippen molar-refractivity contribution >= 4 is 17.1 Å². The van der Waals surface area contributed by atoms with Crippen LogP contribution >= 0.6 is 9.24 Å². The van der Waals surface area contributed by atoms with E-state index in [1.807, 2.05) is 18.2 Å². The fourth-order valence-electron chi connectivity index (χ4n) is 0.509. The average Bonchev–Trinajstić information content (AvgIpc) is 1.91. The highest BCUT2D eigenvalue weighted by molar-refractivity contribution is 7.18. The topological polar surface area (TPSA) is 0 Å². The summed E-state index contributed by atoms with van der Waals surface area (Å²) < 4.78 is 0. The highest BCUT2D eigenvalue weighted by atomic mass is 31.0. The van der Waals surface area contributed by atoms with Crippen LogP contribution in [0.15, 0.2) is 23.7 Å². The van der Waals surface area contributed by atoms with E-state index in [0.29, 0.717) is 5.66 Å². The van der Waals surface area contributed by atoms with Gasteiger partial charge in [0.05, 0.1) is 0 Å². The third kappa shape index (κ3) is 0.949. The summed E-state index contributed by atoms with van der Waals surface area (Å²) in [5.41, 5.74) is 1.32. The van der Waals surface area contributed by atoms with Gasteiger partial charge in [0.1, 0.15) is 7.85 Å². The Hall–Kier alpha value is -0.0251. The van der Waals surface area contributed by atoms with Crippen LogP contribution in [0.2, 0.25) is 0 Å². The van der Waals surface area contributed by atoms with Gasteiger partial charge >= 0.3 is 0 Å². The van der Waals surface area contributed by atoms with E-state index >= 15 is 0 Å². The molecule has 0 bridgehead atoms. The maximum absolute atomic E-state index is 5.46. The molecule has 0 fully saturated rings. The number of hydrogen-bond acceptors (Lipinski definition) is 0. The van der Waals surface area contributed by atoms with Gasteiger partial charge in [0, 0.05) is 5.66 Å². The van der Waals surface area contributed by atoms with E-state index in [-0.39, 0.29) is 0 Å². The smallest absolute Gasteiger partial charge is 0.109 e. The Balaban J connectivity index is 2.69. The van der Waals surface area contributed by atoms with Crippen LogP contribution in [0.25, 0.3) is 0 Å². The molecule has 2 unspecified atom stereocenters. The lowest BCUT2D eigenvalue weighted by atomic mass is 9.95. The Morgan fingerprint density at radius 3 is 2.57 bits per heavy atom. The molecule has 0 aliphatic heterocycles. The van der Waals surface area contributed by atoms with E-state index in [2.05, 4.69) is 9.24 Å². The lowest BCUT2D eigenvalue weighted by Crippen LogP contribution is -1.91. The molecule has 0 saturated heterocycles. The fraction of sp³-hybridized carbons (Fsp3) is 0.200. The molecule has 1 aliphatic carbocycles. The summed E-state index contributed by atoms with van der Waals surface area (Å²) in [4.78, 5) is 0. The van der Waals surface area contributed by atoms with Crippen molar-refractivity contribution in [1.29, 1.82) is 0 Å². The van der Waals surface area contributed by atoms with Crippen LogP contribution in [0.1, 0.15) is 0 Å². The largest absolute Gasteiger partial charge is 0.127 e. The normalized spacial score (nSPS) is 28.1. The van der Waals surface area contributed by atoms with Crippen molar-refractivity contribution in [3.05, 3.63) is 23.7 Å². The van der Waals surface area contributed by atoms with E-state index in [9.17, 15) is 0 Å². The molecule has 0 aromatic carbocycles. The summed E-state index contributed by atoms with van der Waals surface area (Å²) in [7, 11) is 8.09. The molecule has 2 radical (unpaired) electrons. The summed E-state index contributed by atoms with van der Waals surface area (Å²) in [6, 6.07) is 0. The van der Waals surface area contributed by atoms with Crippen molar-refractivity contribution in [2.45, 2.75) is 5.66 Å². The number of hydrogen-bond donors (Lipinski definition) is 0. The van der Waals surface area contributed by atoms with Crippen LogP contribution in [0.5, 0.6) is 0 Å². The minimum absolute atomic E-state index is 0.389. The monoisotopic (exact) mass is 108 g/mol. The van der Waals surface area contributed by atoms with Crippen LogP contribution < -0.4 is 0 Å². The molecule has 1 rings (SSSR count). The SMILES string of the molecule is [B]C1=CC=CC1P. The Morgan fingerprint density at radius 2 is 2.43 bits per heavy atom. The first kappa shape index (κ1) is 5.12. The van der Waals surface area contributed by atoms with Gasteiger partial charge in [-0.05, 0) is 0 Å². The van der Waals surface area contributed by atoms with Crippen LogP contribution in [0.4, 0.5) is 0 Å². The molecule has 0 aromatic heterocycles.